The predicted octanol–water partition coefficient (Wildman–Crippen LogP) is 5.45. The quantitative estimate of drug-likeness (QED) is 0.291. The predicted molar refractivity (Wildman–Crippen MR) is 142 cm³/mol. The Hall–Kier alpha value is -3.65. The molecule has 36 heavy (non-hydrogen) atoms. The van der Waals surface area contributed by atoms with Gasteiger partial charge in [0.2, 0.25) is 15.9 Å². The zero-order valence-electron chi connectivity index (χ0n) is 19.3. The van der Waals surface area contributed by atoms with Crippen LogP contribution in [-0.4, -0.2) is 20.4 Å². The summed E-state index contributed by atoms with van der Waals surface area (Å²) in [6.07, 6.45) is 0.178. The number of rotatable bonds is 10. The Morgan fingerprint density at radius 3 is 1.97 bits per heavy atom. The molecule has 0 aliphatic rings. The van der Waals surface area contributed by atoms with Crippen LogP contribution < -0.4 is 14.8 Å². The van der Waals surface area contributed by atoms with Gasteiger partial charge in [-0.25, -0.2) is 8.42 Å². The molecule has 0 saturated carbocycles. The van der Waals surface area contributed by atoms with Crippen LogP contribution in [-0.2, 0) is 27.8 Å². The van der Waals surface area contributed by atoms with Crippen LogP contribution >= 0.6 is 11.6 Å². The summed E-state index contributed by atoms with van der Waals surface area (Å²) in [5.74, 6) is 0.176. The van der Waals surface area contributed by atoms with Crippen molar-refractivity contribution in [1.82, 2.24) is 4.72 Å². The van der Waals surface area contributed by atoms with E-state index < -0.39 is 22.0 Å². The van der Waals surface area contributed by atoms with Crippen LogP contribution in [0.15, 0.2) is 114 Å². The average molecular weight is 521 g/mol. The highest BCUT2D eigenvalue weighted by Crippen LogP contribution is 2.19. The van der Waals surface area contributed by atoms with E-state index in [1.165, 1.54) is 24.3 Å². The second-order valence-electron chi connectivity index (χ2n) is 8.11. The van der Waals surface area contributed by atoms with Gasteiger partial charge in [0, 0.05) is 10.7 Å². The summed E-state index contributed by atoms with van der Waals surface area (Å²) in [6.45, 7) is 0.429. The van der Waals surface area contributed by atoms with Gasteiger partial charge >= 0.3 is 0 Å². The molecule has 0 aliphatic heterocycles. The number of carbonyl (C=O) groups excluding carboxylic acids is 1. The molecule has 2 N–H and O–H groups in total. The van der Waals surface area contributed by atoms with E-state index in [0.29, 0.717) is 23.1 Å². The third-order valence-electron chi connectivity index (χ3n) is 5.39. The van der Waals surface area contributed by atoms with E-state index in [0.717, 1.165) is 11.1 Å². The fourth-order valence-corrected chi connectivity index (χ4v) is 4.83. The molecule has 4 aromatic carbocycles. The van der Waals surface area contributed by atoms with Gasteiger partial charge in [-0.1, -0.05) is 72.3 Å². The fraction of sp³-hybridized carbons (Fsp3) is 0.107. The number of anilines is 1. The number of carbonyl (C=O) groups is 1. The van der Waals surface area contributed by atoms with Gasteiger partial charge in [-0.15, -0.1) is 0 Å². The number of hydrogen-bond donors (Lipinski definition) is 2. The molecule has 4 rings (SSSR count). The van der Waals surface area contributed by atoms with E-state index in [1.807, 2.05) is 60.7 Å². The van der Waals surface area contributed by atoms with Crippen molar-refractivity contribution in [3.05, 3.63) is 125 Å². The van der Waals surface area contributed by atoms with E-state index in [4.69, 9.17) is 16.3 Å². The van der Waals surface area contributed by atoms with E-state index >= 15 is 0 Å². The topological polar surface area (TPSA) is 84.5 Å². The lowest BCUT2D eigenvalue weighted by Gasteiger charge is -2.19. The molecule has 8 heteroatoms. The van der Waals surface area contributed by atoms with Gasteiger partial charge in [-0.2, -0.15) is 4.72 Å². The highest BCUT2D eigenvalue weighted by Gasteiger charge is 2.26. The lowest BCUT2D eigenvalue weighted by atomic mass is 10.1. The zero-order chi connectivity index (χ0) is 25.4. The average Bonchev–Trinajstić information content (AvgIpc) is 2.89. The highest BCUT2D eigenvalue weighted by molar-refractivity contribution is 7.89. The summed E-state index contributed by atoms with van der Waals surface area (Å²) in [7, 11) is -3.96. The van der Waals surface area contributed by atoms with E-state index in [2.05, 4.69) is 10.0 Å². The first kappa shape index (κ1) is 25.4. The van der Waals surface area contributed by atoms with Gasteiger partial charge in [0.05, 0.1) is 4.90 Å². The number of sulfonamides is 1. The van der Waals surface area contributed by atoms with Crippen molar-refractivity contribution in [2.45, 2.75) is 24.0 Å². The van der Waals surface area contributed by atoms with E-state index in [1.54, 1.807) is 24.3 Å². The fourth-order valence-electron chi connectivity index (χ4n) is 3.51. The van der Waals surface area contributed by atoms with Crippen molar-refractivity contribution in [3.8, 4) is 5.75 Å². The molecule has 0 heterocycles. The normalized spacial score (nSPS) is 12.0. The van der Waals surface area contributed by atoms with Crippen molar-refractivity contribution in [2.24, 2.45) is 0 Å². The van der Waals surface area contributed by atoms with Crippen molar-refractivity contribution in [1.29, 1.82) is 0 Å². The molecule has 1 amide bonds. The summed E-state index contributed by atoms with van der Waals surface area (Å²) in [6, 6.07) is 30.7. The monoisotopic (exact) mass is 520 g/mol. The molecule has 184 valence electrons. The molecular formula is C28H25ClN2O4S. The van der Waals surface area contributed by atoms with Gasteiger partial charge in [0.15, 0.2) is 0 Å². The van der Waals surface area contributed by atoms with Crippen LogP contribution in [0.25, 0.3) is 0 Å². The van der Waals surface area contributed by atoms with Crippen LogP contribution in [0.2, 0.25) is 5.02 Å². The number of benzene rings is 4. The Bertz CT molecular complexity index is 1380. The van der Waals surface area contributed by atoms with Gasteiger partial charge in [0.25, 0.3) is 0 Å². The maximum atomic E-state index is 13.2. The molecule has 0 spiro atoms. The largest absolute Gasteiger partial charge is 0.489 e. The van der Waals surface area contributed by atoms with Crippen LogP contribution in [0, 0.1) is 0 Å². The summed E-state index contributed by atoms with van der Waals surface area (Å²) in [5, 5.41) is 3.22. The minimum absolute atomic E-state index is 0.0256. The van der Waals surface area contributed by atoms with Gasteiger partial charge in [-0.3, -0.25) is 4.79 Å². The Kier molecular flexibility index (Phi) is 8.38. The van der Waals surface area contributed by atoms with Crippen LogP contribution in [0.3, 0.4) is 0 Å². The molecule has 0 fully saturated rings. The Labute approximate surface area is 216 Å². The molecule has 0 aromatic heterocycles. The number of amides is 1. The summed E-state index contributed by atoms with van der Waals surface area (Å²) < 4.78 is 34.3. The first-order valence-electron chi connectivity index (χ1n) is 11.3. The molecule has 0 bridgehead atoms. The third kappa shape index (κ3) is 7.18. The lowest BCUT2D eigenvalue weighted by Crippen LogP contribution is -2.45. The molecule has 0 saturated heterocycles. The molecule has 4 aromatic rings. The molecule has 0 unspecified atom stereocenters. The number of ether oxygens (including phenoxy) is 1. The second-order valence-corrected chi connectivity index (χ2v) is 10.3. The first-order chi connectivity index (χ1) is 17.4. The molecule has 0 radical (unpaired) electrons. The first-order valence-corrected chi connectivity index (χ1v) is 13.1. The standard InChI is InChI=1S/C28H25ClN2O4S/c29-23-11-17-26(18-12-23)36(33,34)31-27(19-21-7-3-1-4-8-21)28(32)30-24-13-15-25(16-14-24)35-20-22-9-5-2-6-10-22/h1-18,27,31H,19-20H2,(H,30,32)/t27-/m0/s1. The van der Waals surface area contributed by atoms with Crippen LogP contribution in [0.5, 0.6) is 5.75 Å². The number of halogens is 1. The van der Waals surface area contributed by atoms with Crippen molar-refractivity contribution in [2.75, 3.05) is 5.32 Å². The van der Waals surface area contributed by atoms with Gasteiger partial charge < -0.3 is 10.1 Å². The number of nitrogens with one attached hydrogen (secondary N) is 2. The second kappa shape index (κ2) is 11.9. The minimum Gasteiger partial charge on any atom is -0.489 e. The lowest BCUT2D eigenvalue weighted by molar-refractivity contribution is -0.117. The minimum atomic E-state index is -3.96. The molecule has 0 aliphatic carbocycles. The van der Waals surface area contributed by atoms with Crippen molar-refractivity contribution >= 4 is 33.2 Å². The zero-order valence-corrected chi connectivity index (χ0v) is 20.9. The Balaban J connectivity index is 1.46. The highest BCUT2D eigenvalue weighted by atomic mass is 35.5. The maximum absolute atomic E-state index is 13.2. The van der Waals surface area contributed by atoms with E-state index in [9.17, 15) is 13.2 Å². The van der Waals surface area contributed by atoms with Gasteiger partial charge in [-0.05, 0) is 66.1 Å². The van der Waals surface area contributed by atoms with Crippen molar-refractivity contribution < 1.29 is 17.9 Å². The Morgan fingerprint density at radius 2 is 1.36 bits per heavy atom. The van der Waals surface area contributed by atoms with E-state index in [-0.39, 0.29) is 11.3 Å². The molecule has 6 nitrogen and oxygen atoms in total. The summed E-state index contributed by atoms with van der Waals surface area (Å²) in [4.78, 5) is 13.2. The molecular weight excluding hydrogens is 496 g/mol. The number of hydrogen-bond acceptors (Lipinski definition) is 4. The van der Waals surface area contributed by atoms with Crippen LogP contribution in [0.1, 0.15) is 11.1 Å². The summed E-state index contributed by atoms with van der Waals surface area (Å²) in [5.41, 5.74) is 2.39. The maximum Gasteiger partial charge on any atom is 0.242 e. The third-order valence-corrected chi connectivity index (χ3v) is 7.13. The van der Waals surface area contributed by atoms with Crippen LogP contribution in [0.4, 0.5) is 5.69 Å². The smallest absolute Gasteiger partial charge is 0.242 e. The molecule has 1 atom stereocenters. The SMILES string of the molecule is O=C(Nc1ccc(OCc2ccccc2)cc1)[C@H](Cc1ccccc1)NS(=O)(=O)c1ccc(Cl)cc1. The summed E-state index contributed by atoms with van der Waals surface area (Å²) >= 11 is 5.89. The van der Waals surface area contributed by atoms with Gasteiger partial charge in [0.1, 0.15) is 18.4 Å². The Morgan fingerprint density at radius 1 is 0.778 bits per heavy atom. The van der Waals surface area contributed by atoms with Crippen molar-refractivity contribution in [3.63, 3.8) is 0 Å².